The van der Waals surface area contributed by atoms with Crippen molar-refractivity contribution in [3.8, 4) is 0 Å². The number of oxime groups is 1. The number of hydrogen-bond acceptors (Lipinski definition) is 9. The molecule has 2 aliphatic heterocycles. The quantitative estimate of drug-likeness (QED) is 0.0889. The predicted octanol–water partition coefficient (Wildman–Crippen LogP) is 0.908. The van der Waals surface area contributed by atoms with Crippen molar-refractivity contribution in [3.05, 3.63) is 65.2 Å². The first-order valence-electron chi connectivity index (χ1n) is 13.2. The van der Waals surface area contributed by atoms with E-state index >= 15 is 0 Å². The molecule has 6 N–H and O–H groups in total. The fourth-order valence-electron chi connectivity index (χ4n) is 4.77. The van der Waals surface area contributed by atoms with Gasteiger partial charge in [-0.3, -0.25) is 14.4 Å². The Morgan fingerprint density at radius 3 is 2.29 bits per heavy atom. The molecule has 14 nitrogen and oxygen atoms in total. The minimum atomic E-state index is -1.63. The van der Waals surface area contributed by atoms with Crippen molar-refractivity contribution in [1.29, 1.82) is 0 Å². The third kappa shape index (κ3) is 6.72. The number of hydrogen-bond donors (Lipinski definition) is 5. The monoisotopic (exact) mass is 580 g/mol. The van der Waals surface area contributed by atoms with E-state index < -0.39 is 42.3 Å². The van der Waals surface area contributed by atoms with Crippen LogP contribution >= 0.6 is 0 Å². The minimum absolute atomic E-state index is 0.0316. The number of fused-ring (bicyclic) bond motifs is 1. The predicted molar refractivity (Wildman–Crippen MR) is 149 cm³/mol. The Morgan fingerprint density at radius 2 is 1.67 bits per heavy atom. The van der Waals surface area contributed by atoms with E-state index in [1.54, 1.807) is 36.1 Å². The number of amidine groups is 1. The Balaban J connectivity index is 1.28. The smallest absolute Gasteiger partial charge is 0.354 e. The maximum Gasteiger partial charge on any atom is 0.354 e. The molecular formula is C28H32N6O8. The molecule has 0 radical (unpaired) electrons. The zero-order valence-corrected chi connectivity index (χ0v) is 23.0. The summed E-state index contributed by atoms with van der Waals surface area (Å²) in [6.45, 7) is 2.11. The first kappa shape index (κ1) is 30.1. The zero-order chi connectivity index (χ0) is 30.4. The summed E-state index contributed by atoms with van der Waals surface area (Å²) in [5.41, 5.74) is 7.57. The van der Waals surface area contributed by atoms with Gasteiger partial charge in [-0.1, -0.05) is 35.5 Å². The van der Waals surface area contributed by atoms with E-state index in [4.69, 9.17) is 20.4 Å². The van der Waals surface area contributed by atoms with Crippen molar-refractivity contribution in [3.63, 3.8) is 0 Å². The van der Waals surface area contributed by atoms with Crippen LogP contribution in [0.1, 0.15) is 47.4 Å². The van der Waals surface area contributed by atoms with Gasteiger partial charge in [-0.25, -0.2) is 9.79 Å². The number of likely N-dealkylation sites (tertiary alicyclic amines) is 1. The number of methoxy groups -OCH3 is 1. The van der Waals surface area contributed by atoms with E-state index in [-0.39, 0.29) is 30.5 Å². The van der Waals surface area contributed by atoms with Crippen LogP contribution in [0.15, 0.2) is 58.7 Å². The lowest BCUT2D eigenvalue weighted by atomic mass is 10.1. The second kappa shape index (κ2) is 13.2. The summed E-state index contributed by atoms with van der Waals surface area (Å²) < 4.78 is 11.1. The van der Waals surface area contributed by atoms with Crippen LogP contribution in [0, 0.1) is 0 Å². The SMILES string of the molecule is COC1C(C(=O)NC(OC2CCN(C(=O)C(C)NC(=O)c3ccc(/C(N)=N/O)cc3)CC2)C(=O)O)=Nc2ccccc21. The van der Waals surface area contributed by atoms with Crippen LogP contribution in [0.25, 0.3) is 0 Å². The van der Waals surface area contributed by atoms with Gasteiger partial charge in [0.25, 0.3) is 11.8 Å². The van der Waals surface area contributed by atoms with Gasteiger partial charge >= 0.3 is 5.97 Å². The molecule has 2 aliphatic rings. The second-order valence-corrected chi connectivity index (χ2v) is 9.78. The number of carboxylic acids is 1. The van der Waals surface area contributed by atoms with Gasteiger partial charge in [-0.2, -0.15) is 0 Å². The molecule has 3 amide bonds. The number of amides is 3. The number of para-hydroxylation sites is 1. The molecule has 0 spiro atoms. The van der Waals surface area contributed by atoms with Crippen LogP contribution in [-0.4, -0.2) is 89.0 Å². The van der Waals surface area contributed by atoms with Crippen LogP contribution in [0.5, 0.6) is 0 Å². The number of carbonyl (C=O) groups excluding carboxylic acids is 3. The fraction of sp³-hybridized carbons (Fsp3) is 0.357. The number of aliphatic imine (C=N–C) groups is 1. The van der Waals surface area contributed by atoms with Gasteiger partial charge in [-0.15, -0.1) is 0 Å². The van der Waals surface area contributed by atoms with Crippen molar-refractivity contribution in [2.45, 2.75) is 44.2 Å². The zero-order valence-electron chi connectivity index (χ0n) is 23.0. The summed E-state index contributed by atoms with van der Waals surface area (Å²) in [6.07, 6.45) is -2.23. The third-order valence-electron chi connectivity index (χ3n) is 7.01. The standard InChI is InChI=1S/C28H32N6O8/c1-15(30-24(35)17-9-7-16(8-10-17)23(29)33-40)27(37)34-13-11-18(12-14-34)42-26(28(38)39)32-25(36)21-22(41-2)19-5-3-4-6-20(19)31-21/h3-10,15,18,22,26,40H,11-14H2,1-2H3,(H2,29,33)(H,30,35)(H,32,36)(H,38,39). The Morgan fingerprint density at radius 1 is 1.02 bits per heavy atom. The van der Waals surface area contributed by atoms with E-state index in [1.165, 1.54) is 31.4 Å². The molecular weight excluding hydrogens is 548 g/mol. The molecule has 2 aromatic rings. The topological polar surface area (TPSA) is 205 Å². The van der Waals surface area contributed by atoms with Gasteiger partial charge in [0.05, 0.1) is 11.8 Å². The molecule has 0 aliphatic carbocycles. The molecule has 0 aromatic heterocycles. The number of piperidine rings is 1. The Kier molecular flexibility index (Phi) is 9.49. The molecule has 0 bridgehead atoms. The molecule has 3 unspecified atom stereocenters. The Hall–Kier alpha value is -4.82. The maximum atomic E-state index is 13.0. The lowest BCUT2D eigenvalue weighted by Gasteiger charge is -2.34. The van der Waals surface area contributed by atoms with Crippen molar-refractivity contribution in [2.75, 3.05) is 20.2 Å². The molecule has 42 heavy (non-hydrogen) atoms. The van der Waals surface area contributed by atoms with Gasteiger partial charge < -0.3 is 41.1 Å². The van der Waals surface area contributed by atoms with Gasteiger partial charge in [-0.05, 0) is 38.0 Å². The number of nitrogens with zero attached hydrogens (tertiary/aromatic N) is 3. The van der Waals surface area contributed by atoms with Crippen molar-refractivity contribution in [1.82, 2.24) is 15.5 Å². The first-order valence-corrected chi connectivity index (χ1v) is 13.2. The summed E-state index contributed by atoms with van der Waals surface area (Å²) in [5, 5.41) is 26.4. The van der Waals surface area contributed by atoms with E-state index in [0.717, 1.165) is 0 Å². The highest BCUT2D eigenvalue weighted by Crippen LogP contribution is 2.35. The molecule has 1 fully saturated rings. The highest BCUT2D eigenvalue weighted by atomic mass is 16.5. The van der Waals surface area contributed by atoms with Gasteiger partial charge in [0.15, 0.2) is 5.84 Å². The summed E-state index contributed by atoms with van der Waals surface area (Å²) >= 11 is 0. The molecule has 14 heteroatoms. The van der Waals surface area contributed by atoms with Crippen molar-refractivity contribution >= 4 is 40.9 Å². The number of carbonyl (C=O) groups is 4. The molecule has 1 saturated heterocycles. The largest absolute Gasteiger partial charge is 0.478 e. The average molecular weight is 581 g/mol. The van der Waals surface area contributed by atoms with E-state index in [2.05, 4.69) is 20.8 Å². The van der Waals surface area contributed by atoms with Crippen LogP contribution < -0.4 is 16.4 Å². The summed E-state index contributed by atoms with van der Waals surface area (Å²) in [4.78, 5) is 56.3. The van der Waals surface area contributed by atoms with Crippen molar-refractivity contribution < 1.29 is 39.0 Å². The summed E-state index contributed by atoms with van der Waals surface area (Å²) in [6, 6.07) is 12.3. The lowest BCUT2D eigenvalue weighted by molar-refractivity contribution is -0.162. The molecule has 2 heterocycles. The van der Waals surface area contributed by atoms with Crippen LogP contribution in [0.3, 0.4) is 0 Å². The van der Waals surface area contributed by atoms with Crippen LogP contribution in [0.2, 0.25) is 0 Å². The fourth-order valence-corrected chi connectivity index (χ4v) is 4.77. The number of benzene rings is 2. The lowest BCUT2D eigenvalue weighted by Crippen LogP contribution is -2.52. The second-order valence-electron chi connectivity index (χ2n) is 9.78. The normalized spacial score (nSPS) is 18.4. The highest BCUT2D eigenvalue weighted by Gasteiger charge is 2.36. The van der Waals surface area contributed by atoms with Gasteiger partial charge in [0.2, 0.25) is 12.1 Å². The molecule has 4 rings (SSSR count). The summed E-state index contributed by atoms with van der Waals surface area (Å²) in [7, 11) is 1.44. The van der Waals surface area contributed by atoms with Crippen LogP contribution in [-0.2, 0) is 23.9 Å². The average Bonchev–Trinajstić information content (AvgIpc) is 3.39. The summed E-state index contributed by atoms with van der Waals surface area (Å²) in [5.74, 6) is -2.96. The number of carboxylic acid groups (broad SMARTS) is 1. The molecule has 222 valence electrons. The van der Waals surface area contributed by atoms with Crippen LogP contribution in [0.4, 0.5) is 5.69 Å². The first-order chi connectivity index (χ1) is 20.1. The number of ether oxygens (including phenoxy) is 2. The number of aliphatic carboxylic acids is 1. The Bertz CT molecular complexity index is 1400. The Labute approximate surface area is 241 Å². The number of nitrogens with two attached hydrogens (primary N) is 1. The number of rotatable bonds is 10. The maximum absolute atomic E-state index is 13.0. The molecule has 2 aromatic carbocycles. The van der Waals surface area contributed by atoms with Crippen molar-refractivity contribution in [2.24, 2.45) is 15.9 Å². The third-order valence-corrected chi connectivity index (χ3v) is 7.01. The van der Waals surface area contributed by atoms with E-state index in [9.17, 15) is 24.3 Å². The molecule has 3 atom stereocenters. The van der Waals surface area contributed by atoms with E-state index in [1.807, 2.05) is 0 Å². The molecule has 0 saturated carbocycles. The van der Waals surface area contributed by atoms with E-state index in [0.29, 0.717) is 35.2 Å². The van der Waals surface area contributed by atoms with Gasteiger partial charge in [0, 0.05) is 36.9 Å². The minimum Gasteiger partial charge on any atom is -0.478 e. The number of nitrogens with one attached hydrogen (secondary N) is 2. The highest BCUT2D eigenvalue weighted by molar-refractivity contribution is 6.42. The van der Waals surface area contributed by atoms with Gasteiger partial charge in [0.1, 0.15) is 17.9 Å².